The predicted octanol–water partition coefficient (Wildman–Crippen LogP) is 2.64. The lowest BCUT2D eigenvalue weighted by atomic mass is 10.1. The van der Waals surface area contributed by atoms with Gasteiger partial charge in [0.1, 0.15) is 5.75 Å². The first-order chi connectivity index (χ1) is 11.2. The average molecular weight is 311 g/mol. The van der Waals surface area contributed by atoms with E-state index in [1.54, 1.807) is 19.5 Å². The van der Waals surface area contributed by atoms with Gasteiger partial charge in [0, 0.05) is 25.0 Å². The summed E-state index contributed by atoms with van der Waals surface area (Å²) in [4.78, 5) is 16.2. The zero-order chi connectivity index (χ0) is 16.1. The molecule has 0 unspecified atom stereocenters. The van der Waals surface area contributed by atoms with Gasteiger partial charge >= 0.3 is 0 Å². The highest BCUT2D eigenvalue weighted by Crippen LogP contribution is 2.19. The first kappa shape index (κ1) is 15.3. The van der Waals surface area contributed by atoms with Crippen LogP contribution in [0.1, 0.15) is 28.8 Å². The summed E-state index contributed by atoms with van der Waals surface area (Å²) < 4.78 is 5.22. The Kier molecular flexibility index (Phi) is 4.76. The van der Waals surface area contributed by atoms with Crippen LogP contribution in [0.5, 0.6) is 5.75 Å². The molecular formula is C18H21N3O2. The van der Waals surface area contributed by atoms with Gasteiger partial charge in [-0.1, -0.05) is 12.1 Å². The summed E-state index contributed by atoms with van der Waals surface area (Å²) in [6.07, 6.45) is 6.37. The summed E-state index contributed by atoms with van der Waals surface area (Å²) in [5.41, 5.74) is 2.66. The lowest BCUT2D eigenvalue weighted by molar-refractivity contribution is 0.0950. The van der Waals surface area contributed by atoms with E-state index in [1.807, 2.05) is 24.3 Å². The fourth-order valence-electron chi connectivity index (χ4n) is 2.34. The molecule has 0 aliphatic heterocycles. The molecule has 5 nitrogen and oxygen atoms in total. The van der Waals surface area contributed by atoms with Crippen LogP contribution >= 0.6 is 0 Å². The first-order valence-electron chi connectivity index (χ1n) is 7.87. The second kappa shape index (κ2) is 7.13. The molecule has 1 fully saturated rings. The molecule has 2 aromatic rings. The molecule has 5 heteroatoms. The molecule has 1 aliphatic rings. The number of hydrogen-bond acceptors (Lipinski definition) is 4. The Balaban J connectivity index is 1.54. The standard InChI is InChI=1S/C18H21N3O2/c1-23-17-4-2-3-13(9-17)7-8-20-16-10-14(11-19-12-16)18(22)21-15-5-6-15/h2-4,9-12,15,20H,5-8H2,1H3,(H,21,22). The molecule has 0 saturated heterocycles. The largest absolute Gasteiger partial charge is 0.497 e. The van der Waals surface area contributed by atoms with Gasteiger partial charge < -0.3 is 15.4 Å². The fourth-order valence-corrected chi connectivity index (χ4v) is 2.34. The van der Waals surface area contributed by atoms with Gasteiger partial charge in [0.15, 0.2) is 0 Å². The number of ether oxygens (including phenoxy) is 1. The zero-order valence-corrected chi connectivity index (χ0v) is 13.2. The van der Waals surface area contributed by atoms with Crippen LogP contribution in [-0.4, -0.2) is 30.6 Å². The van der Waals surface area contributed by atoms with Crippen molar-refractivity contribution in [2.45, 2.75) is 25.3 Å². The summed E-state index contributed by atoms with van der Waals surface area (Å²) in [6.45, 7) is 0.766. The van der Waals surface area contributed by atoms with E-state index in [0.29, 0.717) is 11.6 Å². The van der Waals surface area contributed by atoms with Gasteiger partial charge in [-0.15, -0.1) is 0 Å². The van der Waals surface area contributed by atoms with Gasteiger partial charge in [-0.2, -0.15) is 0 Å². The van der Waals surface area contributed by atoms with Crippen LogP contribution in [0, 0.1) is 0 Å². The molecule has 1 aromatic heterocycles. The highest BCUT2D eigenvalue weighted by molar-refractivity contribution is 5.95. The minimum absolute atomic E-state index is 0.0450. The van der Waals surface area contributed by atoms with Crippen molar-refractivity contribution in [2.24, 2.45) is 0 Å². The normalized spacial score (nSPS) is 13.4. The number of hydrogen-bond donors (Lipinski definition) is 2. The van der Waals surface area contributed by atoms with Gasteiger partial charge in [0.2, 0.25) is 0 Å². The van der Waals surface area contributed by atoms with Gasteiger partial charge in [0.25, 0.3) is 5.91 Å². The molecular weight excluding hydrogens is 290 g/mol. The van der Waals surface area contributed by atoms with Crippen molar-refractivity contribution in [2.75, 3.05) is 19.0 Å². The summed E-state index contributed by atoms with van der Waals surface area (Å²) in [5, 5.41) is 6.28. The van der Waals surface area contributed by atoms with Crippen LogP contribution in [0.4, 0.5) is 5.69 Å². The monoisotopic (exact) mass is 311 g/mol. The van der Waals surface area contributed by atoms with Crippen molar-refractivity contribution < 1.29 is 9.53 Å². The maximum atomic E-state index is 12.0. The third-order valence-corrected chi connectivity index (χ3v) is 3.79. The van der Waals surface area contributed by atoms with E-state index >= 15 is 0 Å². The number of carbonyl (C=O) groups excluding carboxylic acids is 1. The minimum Gasteiger partial charge on any atom is -0.497 e. The van der Waals surface area contributed by atoms with Crippen molar-refractivity contribution in [1.82, 2.24) is 10.3 Å². The average Bonchev–Trinajstić information content (AvgIpc) is 3.39. The van der Waals surface area contributed by atoms with Crippen LogP contribution in [0.3, 0.4) is 0 Å². The van der Waals surface area contributed by atoms with E-state index < -0.39 is 0 Å². The summed E-state index contributed by atoms with van der Waals surface area (Å²) >= 11 is 0. The molecule has 3 rings (SSSR count). The first-order valence-corrected chi connectivity index (χ1v) is 7.87. The van der Waals surface area contributed by atoms with E-state index in [9.17, 15) is 4.79 Å². The maximum absolute atomic E-state index is 12.0. The van der Waals surface area contributed by atoms with Crippen molar-refractivity contribution in [3.8, 4) is 5.75 Å². The molecule has 1 amide bonds. The molecule has 1 saturated carbocycles. The molecule has 0 atom stereocenters. The number of anilines is 1. The third kappa shape index (κ3) is 4.45. The molecule has 1 heterocycles. The van der Waals surface area contributed by atoms with Crippen molar-refractivity contribution >= 4 is 11.6 Å². The number of rotatable bonds is 7. The molecule has 0 radical (unpaired) electrons. The zero-order valence-electron chi connectivity index (χ0n) is 13.2. The second-order valence-corrected chi connectivity index (χ2v) is 5.74. The third-order valence-electron chi connectivity index (χ3n) is 3.79. The number of nitrogens with one attached hydrogen (secondary N) is 2. The Morgan fingerprint density at radius 2 is 2.17 bits per heavy atom. The van der Waals surface area contributed by atoms with E-state index in [4.69, 9.17) is 4.74 Å². The van der Waals surface area contributed by atoms with E-state index in [-0.39, 0.29) is 5.91 Å². The van der Waals surface area contributed by atoms with Gasteiger partial charge in [-0.3, -0.25) is 9.78 Å². The summed E-state index contributed by atoms with van der Waals surface area (Å²) in [7, 11) is 1.67. The highest BCUT2D eigenvalue weighted by atomic mass is 16.5. The van der Waals surface area contributed by atoms with Crippen LogP contribution in [0.15, 0.2) is 42.7 Å². The Hall–Kier alpha value is -2.56. The molecule has 1 aliphatic carbocycles. The number of methoxy groups -OCH3 is 1. The van der Waals surface area contributed by atoms with E-state index in [1.165, 1.54) is 5.56 Å². The van der Waals surface area contributed by atoms with Crippen molar-refractivity contribution in [1.29, 1.82) is 0 Å². The number of nitrogens with zero attached hydrogens (tertiary/aromatic N) is 1. The number of carbonyl (C=O) groups is 1. The van der Waals surface area contributed by atoms with Gasteiger partial charge in [-0.05, 0) is 43.0 Å². The molecule has 2 N–H and O–H groups in total. The number of aromatic nitrogens is 1. The minimum atomic E-state index is -0.0450. The Bertz CT molecular complexity index is 683. The fraction of sp³-hybridized carbons (Fsp3) is 0.333. The van der Waals surface area contributed by atoms with E-state index in [2.05, 4.69) is 21.7 Å². The van der Waals surface area contributed by atoms with Crippen molar-refractivity contribution in [3.05, 3.63) is 53.9 Å². The summed E-state index contributed by atoms with van der Waals surface area (Å²) in [5.74, 6) is 0.819. The highest BCUT2D eigenvalue weighted by Gasteiger charge is 2.23. The molecule has 0 spiro atoms. The van der Waals surface area contributed by atoms with Crippen LogP contribution in [0.2, 0.25) is 0 Å². The molecule has 1 aromatic carbocycles. The van der Waals surface area contributed by atoms with E-state index in [0.717, 1.165) is 37.2 Å². The number of pyridine rings is 1. The Morgan fingerprint density at radius 1 is 1.30 bits per heavy atom. The Morgan fingerprint density at radius 3 is 2.96 bits per heavy atom. The second-order valence-electron chi connectivity index (χ2n) is 5.74. The lowest BCUT2D eigenvalue weighted by Crippen LogP contribution is -2.25. The van der Waals surface area contributed by atoms with Gasteiger partial charge in [-0.25, -0.2) is 0 Å². The SMILES string of the molecule is COc1cccc(CCNc2cncc(C(=O)NC3CC3)c2)c1. The van der Waals surface area contributed by atoms with Gasteiger partial charge in [0.05, 0.1) is 18.4 Å². The quantitative estimate of drug-likeness (QED) is 0.825. The van der Waals surface area contributed by atoms with Crippen LogP contribution in [-0.2, 0) is 6.42 Å². The number of amides is 1. The van der Waals surface area contributed by atoms with Crippen LogP contribution in [0.25, 0.3) is 0 Å². The van der Waals surface area contributed by atoms with Crippen molar-refractivity contribution in [3.63, 3.8) is 0 Å². The smallest absolute Gasteiger partial charge is 0.253 e. The number of benzene rings is 1. The van der Waals surface area contributed by atoms with Crippen LogP contribution < -0.4 is 15.4 Å². The predicted molar refractivity (Wildman–Crippen MR) is 89.9 cm³/mol. The maximum Gasteiger partial charge on any atom is 0.253 e. The topological polar surface area (TPSA) is 63.2 Å². The lowest BCUT2D eigenvalue weighted by Gasteiger charge is -2.09. The summed E-state index contributed by atoms with van der Waals surface area (Å²) in [6, 6.07) is 10.2. The molecule has 23 heavy (non-hydrogen) atoms. The molecule has 120 valence electrons. The molecule has 0 bridgehead atoms. The Labute approximate surface area is 136 Å².